The molecule has 1 nitrogen and oxygen atoms in total. The standard InChI is InChI=1S/C16H31N/c1-8-13(5)14(9-2)15(12(3)4)16(6)10-17(7)11-16/h12-13H,8-11H2,1-7H3/b15-14+. The van der Waals surface area contributed by atoms with Crippen molar-refractivity contribution in [3.05, 3.63) is 11.1 Å². The van der Waals surface area contributed by atoms with Crippen molar-refractivity contribution in [2.24, 2.45) is 17.3 Å². The maximum Gasteiger partial charge on any atom is 0.0143 e. The second kappa shape index (κ2) is 5.56. The van der Waals surface area contributed by atoms with E-state index in [1.165, 1.54) is 25.9 Å². The highest BCUT2D eigenvalue weighted by molar-refractivity contribution is 5.28. The number of nitrogens with zero attached hydrogens (tertiary/aromatic N) is 1. The zero-order chi connectivity index (χ0) is 13.2. The van der Waals surface area contributed by atoms with Gasteiger partial charge in [0, 0.05) is 18.5 Å². The number of rotatable bonds is 5. The fraction of sp³-hybridized carbons (Fsp3) is 0.875. The Morgan fingerprint density at radius 3 is 2.00 bits per heavy atom. The maximum absolute atomic E-state index is 2.46. The van der Waals surface area contributed by atoms with Gasteiger partial charge < -0.3 is 4.90 Å². The Labute approximate surface area is 108 Å². The largest absolute Gasteiger partial charge is 0.305 e. The van der Waals surface area contributed by atoms with E-state index in [-0.39, 0.29) is 0 Å². The highest BCUT2D eigenvalue weighted by Gasteiger charge is 2.41. The Hall–Kier alpha value is -0.300. The van der Waals surface area contributed by atoms with Crippen molar-refractivity contribution in [3.8, 4) is 0 Å². The molecule has 1 rings (SSSR count). The summed E-state index contributed by atoms with van der Waals surface area (Å²) in [6, 6.07) is 0. The minimum atomic E-state index is 0.442. The molecule has 0 aromatic rings. The summed E-state index contributed by atoms with van der Waals surface area (Å²) in [4.78, 5) is 2.44. The van der Waals surface area contributed by atoms with Crippen LogP contribution in [0.3, 0.4) is 0 Å². The Bertz CT molecular complexity index is 282. The van der Waals surface area contributed by atoms with Crippen LogP contribution in [0.15, 0.2) is 11.1 Å². The number of likely N-dealkylation sites (tertiary alicyclic amines) is 1. The molecule has 0 radical (unpaired) electrons. The molecule has 1 saturated heterocycles. The predicted octanol–water partition coefficient (Wildman–Crippen LogP) is 4.35. The van der Waals surface area contributed by atoms with Crippen LogP contribution in [0.4, 0.5) is 0 Å². The summed E-state index contributed by atoms with van der Waals surface area (Å²) < 4.78 is 0. The Morgan fingerprint density at radius 1 is 1.18 bits per heavy atom. The van der Waals surface area contributed by atoms with Crippen LogP contribution in [0.25, 0.3) is 0 Å². The van der Waals surface area contributed by atoms with E-state index >= 15 is 0 Å². The summed E-state index contributed by atoms with van der Waals surface area (Å²) in [6.45, 7) is 16.7. The van der Waals surface area contributed by atoms with Crippen LogP contribution in [0.2, 0.25) is 0 Å². The van der Waals surface area contributed by atoms with Gasteiger partial charge in [-0.25, -0.2) is 0 Å². The average molecular weight is 237 g/mol. The summed E-state index contributed by atoms with van der Waals surface area (Å²) in [7, 11) is 2.23. The molecule has 1 fully saturated rings. The fourth-order valence-electron chi connectivity index (χ4n) is 3.82. The first-order valence-corrected chi connectivity index (χ1v) is 7.27. The van der Waals surface area contributed by atoms with E-state index < -0.39 is 0 Å². The van der Waals surface area contributed by atoms with Gasteiger partial charge in [-0.2, -0.15) is 0 Å². The van der Waals surface area contributed by atoms with Crippen LogP contribution < -0.4 is 0 Å². The molecule has 0 saturated carbocycles. The first-order chi connectivity index (χ1) is 7.85. The van der Waals surface area contributed by atoms with Crippen molar-refractivity contribution < 1.29 is 0 Å². The molecule has 0 aliphatic carbocycles. The average Bonchev–Trinajstić information content (AvgIpc) is 2.21. The van der Waals surface area contributed by atoms with E-state index in [9.17, 15) is 0 Å². The monoisotopic (exact) mass is 237 g/mol. The van der Waals surface area contributed by atoms with Gasteiger partial charge in [-0.1, -0.05) is 52.7 Å². The van der Waals surface area contributed by atoms with Crippen LogP contribution in [0, 0.1) is 17.3 Å². The topological polar surface area (TPSA) is 3.24 Å². The van der Waals surface area contributed by atoms with Crippen molar-refractivity contribution >= 4 is 0 Å². The third-order valence-electron chi connectivity index (χ3n) is 4.40. The van der Waals surface area contributed by atoms with Crippen molar-refractivity contribution in [2.75, 3.05) is 20.1 Å². The molecular weight excluding hydrogens is 206 g/mol. The lowest BCUT2D eigenvalue weighted by atomic mass is 9.67. The smallest absolute Gasteiger partial charge is 0.0143 e. The van der Waals surface area contributed by atoms with E-state index in [1.54, 1.807) is 11.1 Å². The molecule has 100 valence electrons. The van der Waals surface area contributed by atoms with Crippen molar-refractivity contribution in [1.82, 2.24) is 4.90 Å². The Morgan fingerprint density at radius 2 is 1.71 bits per heavy atom. The van der Waals surface area contributed by atoms with Crippen molar-refractivity contribution in [3.63, 3.8) is 0 Å². The quantitative estimate of drug-likeness (QED) is 0.643. The first kappa shape index (κ1) is 14.8. The number of hydrogen-bond donors (Lipinski definition) is 0. The normalized spacial score (nSPS) is 23.3. The second-order valence-electron chi connectivity index (χ2n) is 6.49. The van der Waals surface area contributed by atoms with Gasteiger partial charge >= 0.3 is 0 Å². The summed E-state index contributed by atoms with van der Waals surface area (Å²) >= 11 is 0. The van der Waals surface area contributed by atoms with Gasteiger partial charge in [0.1, 0.15) is 0 Å². The zero-order valence-electron chi connectivity index (χ0n) is 12.9. The first-order valence-electron chi connectivity index (χ1n) is 7.27. The van der Waals surface area contributed by atoms with E-state index in [4.69, 9.17) is 0 Å². The number of hydrogen-bond acceptors (Lipinski definition) is 1. The van der Waals surface area contributed by atoms with Gasteiger partial charge in [-0.05, 0) is 31.7 Å². The summed E-state index contributed by atoms with van der Waals surface area (Å²) in [5.74, 6) is 1.44. The summed E-state index contributed by atoms with van der Waals surface area (Å²) in [5, 5.41) is 0. The third-order valence-corrected chi connectivity index (χ3v) is 4.40. The predicted molar refractivity (Wildman–Crippen MR) is 77.2 cm³/mol. The Balaban J connectivity index is 3.10. The lowest BCUT2D eigenvalue weighted by molar-refractivity contribution is 0.0628. The van der Waals surface area contributed by atoms with E-state index in [2.05, 4.69) is 53.5 Å². The molecule has 0 spiro atoms. The molecule has 0 N–H and O–H groups in total. The molecular formula is C16H31N. The van der Waals surface area contributed by atoms with Gasteiger partial charge in [0.25, 0.3) is 0 Å². The minimum absolute atomic E-state index is 0.442. The fourth-order valence-corrected chi connectivity index (χ4v) is 3.82. The van der Waals surface area contributed by atoms with Gasteiger partial charge in [0.15, 0.2) is 0 Å². The molecule has 1 aliphatic heterocycles. The molecule has 0 bridgehead atoms. The van der Waals surface area contributed by atoms with Crippen LogP contribution in [-0.4, -0.2) is 25.0 Å². The zero-order valence-corrected chi connectivity index (χ0v) is 12.9. The van der Waals surface area contributed by atoms with E-state index in [1.807, 2.05) is 0 Å². The molecule has 17 heavy (non-hydrogen) atoms. The third kappa shape index (κ3) is 2.93. The molecule has 1 atom stereocenters. The molecule has 1 unspecified atom stereocenters. The highest BCUT2D eigenvalue weighted by atomic mass is 15.2. The molecule has 1 heterocycles. The lowest BCUT2D eigenvalue weighted by Crippen LogP contribution is -2.54. The number of allylic oxidation sites excluding steroid dienone is 1. The minimum Gasteiger partial charge on any atom is -0.305 e. The van der Waals surface area contributed by atoms with Crippen LogP contribution in [0.5, 0.6) is 0 Å². The lowest BCUT2D eigenvalue weighted by Gasteiger charge is -2.50. The van der Waals surface area contributed by atoms with Crippen LogP contribution >= 0.6 is 0 Å². The summed E-state index contributed by atoms with van der Waals surface area (Å²) in [5.41, 5.74) is 3.93. The van der Waals surface area contributed by atoms with Gasteiger partial charge in [-0.3, -0.25) is 0 Å². The Kier molecular flexibility index (Phi) is 4.83. The van der Waals surface area contributed by atoms with Crippen molar-refractivity contribution in [2.45, 2.75) is 54.4 Å². The molecule has 1 heteroatoms. The highest BCUT2D eigenvalue weighted by Crippen LogP contribution is 2.44. The molecule has 0 aromatic heterocycles. The second-order valence-corrected chi connectivity index (χ2v) is 6.49. The van der Waals surface area contributed by atoms with Gasteiger partial charge in [0.05, 0.1) is 0 Å². The van der Waals surface area contributed by atoms with Gasteiger partial charge in [0.2, 0.25) is 0 Å². The van der Waals surface area contributed by atoms with Crippen LogP contribution in [-0.2, 0) is 0 Å². The molecule has 0 aromatic carbocycles. The molecule has 1 aliphatic rings. The SMILES string of the molecule is CC/C(=C(/C(C)C)C1(C)CN(C)C1)C(C)CC. The van der Waals surface area contributed by atoms with Gasteiger partial charge in [-0.15, -0.1) is 0 Å². The van der Waals surface area contributed by atoms with Crippen LogP contribution in [0.1, 0.15) is 54.4 Å². The van der Waals surface area contributed by atoms with Crippen molar-refractivity contribution in [1.29, 1.82) is 0 Å². The van der Waals surface area contributed by atoms with E-state index in [0.717, 1.165) is 5.92 Å². The maximum atomic E-state index is 2.46. The summed E-state index contributed by atoms with van der Waals surface area (Å²) in [6.07, 6.45) is 2.49. The van der Waals surface area contributed by atoms with E-state index in [0.29, 0.717) is 11.3 Å². The molecule has 0 amide bonds.